The monoisotopic (exact) mass is 474 g/mol. The molecule has 146 valence electrons. The van der Waals surface area contributed by atoms with Gasteiger partial charge in [-0.2, -0.15) is 4.72 Å². The minimum atomic E-state index is -4.12. The Morgan fingerprint density at radius 2 is 1.63 bits per heavy atom. The van der Waals surface area contributed by atoms with E-state index in [1.807, 2.05) is 12.1 Å². The lowest BCUT2D eigenvalue weighted by atomic mass is 10.2. The third-order valence-electron chi connectivity index (χ3n) is 3.87. The van der Waals surface area contributed by atoms with Gasteiger partial charge in [-0.05, 0) is 55.0 Å². The van der Waals surface area contributed by atoms with Crippen LogP contribution in [0.25, 0.3) is 0 Å². The van der Waals surface area contributed by atoms with Crippen molar-refractivity contribution in [2.24, 2.45) is 5.73 Å². The van der Waals surface area contributed by atoms with Gasteiger partial charge in [0.1, 0.15) is 11.5 Å². The van der Waals surface area contributed by atoms with Crippen molar-refractivity contribution in [1.29, 1.82) is 0 Å². The lowest BCUT2D eigenvalue weighted by molar-refractivity contribution is -0.120. The Hall–Kier alpha value is -1.75. The first kappa shape index (κ1) is 21.5. The molecule has 2 aromatic rings. The first-order chi connectivity index (χ1) is 12.6. The van der Waals surface area contributed by atoms with Crippen molar-refractivity contribution >= 4 is 42.7 Å². The van der Waals surface area contributed by atoms with Gasteiger partial charge >= 0.3 is 0 Å². The minimum Gasteiger partial charge on any atom is -0.457 e. The van der Waals surface area contributed by atoms with Gasteiger partial charge in [0.15, 0.2) is 4.87 Å². The topological polar surface area (TPSA) is 116 Å². The maximum absolute atomic E-state index is 12.6. The summed E-state index contributed by atoms with van der Waals surface area (Å²) in [7, 11) is -5.96. The van der Waals surface area contributed by atoms with Crippen molar-refractivity contribution in [2.45, 2.75) is 23.1 Å². The molecule has 0 saturated carbocycles. The summed E-state index contributed by atoms with van der Waals surface area (Å²) in [5.41, 5.74) is 5.31. The van der Waals surface area contributed by atoms with Crippen LogP contribution in [0, 0.1) is 0 Å². The number of halogens is 1. The molecule has 0 heterocycles. The van der Waals surface area contributed by atoms with Crippen molar-refractivity contribution in [3.05, 3.63) is 53.0 Å². The van der Waals surface area contributed by atoms with E-state index in [1.54, 1.807) is 12.1 Å². The second-order valence-corrected chi connectivity index (χ2v) is 9.84. The molecule has 0 aliphatic rings. The van der Waals surface area contributed by atoms with Gasteiger partial charge in [0.05, 0.1) is 4.90 Å². The number of ether oxygens (including phenoxy) is 1. The summed E-state index contributed by atoms with van der Waals surface area (Å²) in [6.07, 6.45) is 1.18. The van der Waals surface area contributed by atoms with Crippen LogP contribution >= 0.6 is 15.9 Å². The summed E-state index contributed by atoms with van der Waals surface area (Å²) < 4.78 is 46.0. The van der Waals surface area contributed by atoms with E-state index in [0.717, 1.165) is 4.47 Å². The van der Waals surface area contributed by atoms with Crippen LogP contribution in [0.4, 0.5) is 0 Å². The Kier molecular flexibility index (Phi) is 6.79. The van der Waals surface area contributed by atoms with Gasteiger partial charge in [-0.3, -0.25) is 9.00 Å². The van der Waals surface area contributed by atoms with E-state index in [-0.39, 0.29) is 11.3 Å². The van der Waals surface area contributed by atoms with Crippen LogP contribution in [0.3, 0.4) is 0 Å². The van der Waals surface area contributed by atoms with E-state index in [0.29, 0.717) is 11.5 Å². The molecular formula is C17H19BrN2O5S2. The summed E-state index contributed by atoms with van der Waals surface area (Å²) in [4.78, 5) is 9.79. The number of carbonyl (C=O) groups excluding carboxylic acids is 1. The molecule has 27 heavy (non-hydrogen) atoms. The number of carbonyl (C=O) groups is 1. The summed E-state index contributed by atoms with van der Waals surface area (Å²) in [5, 5.41) is 0. The molecule has 2 unspecified atom stereocenters. The van der Waals surface area contributed by atoms with Crippen molar-refractivity contribution < 1.29 is 22.2 Å². The van der Waals surface area contributed by atoms with Gasteiger partial charge in [0.25, 0.3) is 5.91 Å². The van der Waals surface area contributed by atoms with Crippen LogP contribution < -0.4 is 15.2 Å². The Balaban J connectivity index is 2.25. The molecule has 0 saturated heterocycles. The number of benzene rings is 2. The highest BCUT2D eigenvalue weighted by atomic mass is 79.9. The average Bonchev–Trinajstić information content (AvgIpc) is 2.61. The number of nitrogens with one attached hydrogen (secondary N) is 1. The zero-order valence-corrected chi connectivity index (χ0v) is 17.9. The van der Waals surface area contributed by atoms with Crippen LogP contribution in [0.15, 0.2) is 57.9 Å². The molecular weight excluding hydrogens is 456 g/mol. The smallest absolute Gasteiger partial charge is 0.251 e. The van der Waals surface area contributed by atoms with Crippen LogP contribution in [-0.2, 0) is 25.6 Å². The second kappa shape index (κ2) is 8.51. The number of sulfonamides is 1. The molecule has 0 fully saturated rings. The number of amides is 1. The highest BCUT2D eigenvalue weighted by molar-refractivity contribution is 9.10. The summed E-state index contributed by atoms with van der Waals surface area (Å²) >= 11 is 3.33. The normalized spacial score (nSPS) is 14.9. The van der Waals surface area contributed by atoms with Gasteiger partial charge in [0, 0.05) is 21.5 Å². The first-order valence-corrected chi connectivity index (χ1v) is 11.6. The highest BCUT2D eigenvalue weighted by Gasteiger charge is 2.43. The highest BCUT2D eigenvalue weighted by Crippen LogP contribution is 2.25. The molecule has 0 radical (unpaired) electrons. The van der Waals surface area contributed by atoms with E-state index in [4.69, 9.17) is 10.5 Å². The Morgan fingerprint density at radius 1 is 1.15 bits per heavy atom. The van der Waals surface area contributed by atoms with E-state index >= 15 is 0 Å². The van der Waals surface area contributed by atoms with Gasteiger partial charge in [0.2, 0.25) is 10.0 Å². The molecule has 0 spiro atoms. The fraction of sp³-hybridized carbons (Fsp3) is 0.235. The molecule has 10 heteroatoms. The van der Waals surface area contributed by atoms with E-state index in [1.165, 1.54) is 37.4 Å². The number of hydrogen-bond donors (Lipinski definition) is 2. The van der Waals surface area contributed by atoms with Crippen LogP contribution in [0.5, 0.6) is 11.5 Å². The predicted molar refractivity (Wildman–Crippen MR) is 107 cm³/mol. The Labute approximate surface area is 168 Å². The van der Waals surface area contributed by atoms with Crippen molar-refractivity contribution in [2.75, 3.05) is 6.26 Å². The molecule has 0 aliphatic heterocycles. The van der Waals surface area contributed by atoms with Crippen molar-refractivity contribution in [3.63, 3.8) is 0 Å². The van der Waals surface area contributed by atoms with Crippen molar-refractivity contribution in [3.8, 4) is 11.5 Å². The lowest BCUT2D eigenvalue weighted by Crippen LogP contribution is -2.59. The molecule has 2 rings (SSSR count). The molecule has 2 aromatic carbocycles. The Morgan fingerprint density at radius 3 is 2.04 bits per heavy atom. The SMILES string of the molecule is CCC(NS(=O)(=O)c1ccc(Oc2ccc(Br)cc2)cc1)(C(N)=O)S(C)=O. The van der Waals surface area contributed by atoms with Crippen LogP contribution in [0.2, 0.25) is 0 Å². The zero-order chi connectivity index (χ0) is 20.2. The average molecular weight is 475 g/mol. The summed E-state index contributed by atoms with van der Waals surface area (Å²) in [6, 6.07) is 12.8. The summed E-state index contributed by atoms with van der Waals surface area (Å²) in [5.74, 6) is 0.0311. The fourth-order valence-corrected chi connectivity index (χ4v) is 5.35. The van der Waals surface area contributed by atoms with E-state index in [2.05, 4.69) is 20.7 Å². The molecule has 7 nitrogen and oxygen atoms in total. The standard InChI is InChI=1S/C17H19BrN2O5S2/c1-3-17(16(19)21,26(2)22)20-27(23,24)15-10-8-14(9-11-15)25-13-6-4-12(18)5-7-13/h4-11,20H,3H2,1-2H3,(H2,19,21). The largest absolute Gasteiger partial charge is 0.457 e. The van der Waals surface area contributed by atoms with E-state index < -0.39 is 31.6 Å². The number of nitrogens with two attached hydrogens (primary N) is 1. The Bertz CT molecular complexity index is 930. The van der Waals surface area contributed by atoms with Crippen molar-refractivity contribution in [1.82, 2.24) is 4.72 Å². The van der Waals surface area contributed by atoms with Gasteiger partial charge in [-0.25, -0.2) is 8.42 Å². The number of hydrogen-bond acceptors (Lipinski definition) is 5. The first-order valence-electron chi connectivity index (χ1n) is 7.81. The second-order valence-electron chi connectivity index (χ2n) is 5.63. The molecule has 3 N–H and O–H groups in total. The molecule has 0 bridgehead atoms. The molecule has 0 aliphatic carbocycles. The third kappa shape index (κ3) is 4.95. The lowest BCUT2D eigenvalue weighted by Gasteiger charge is -2.27. The summed E-state index contributed by atoms with van der Waals surface area (Å²) in [6.45, 7) is 1.53. The quantitative estimate of drug-likeness (QED) is 0.609. The molecule has 2 atom stereocenters. The van der Waals surface area contributed by atoms with Gasteiger partial charge in [-0.15, -0.1) is 0 Å². The maximum atomic E-state index is 12.6. The minimum absolute atomic E-state index is 0.0462. The number of rotatable bonds is 8. The van der Waals surface area contributed by atoms with Crippen LogP contribution in [-0.4, -0.2) is 29.7 Å². The molecule has 0 aromatic heterocycles. The number of primary amides is 1. The van der Waals surface area contributed by atoms with Gasteiger partial charge < -0.3 is 10.5 Å². The third-order valence-corrected chi connectivity index (χ3v) is 7.61. The van der Waals surface area contributed by atoms with Crippen LogP contribution in [0.1, 0.15) is 13.3 Å². The van der Waals surface area contributed by atoms with E-state index in [9.17, 15) is 17.4 Å². The maximum Gasteiger partial charge on any atom is 0.251 e. The predicted octanol–water partition coefficient (Wildman–Crippen LogP) is 2.49. The zero-order valence-electron chi connectivity index (χ0n) is 14.6. The fourth-order valence-electron chi connectivity index (χ4n) is 2.30. The van der Waals surface area contributed by atoms with Gasteiger partial charge in [-0.1, -0.05) is 22.9 Å². The molecule has 1 amide bonds.